The first-order valence-corrected chi connectivity index (χ1v) is 12.6. The Labute approximate surface area is 207 Å². The number of carbonyl (C=O) groups is 3. The number of rotatable bonds is 2. The molecule has 4 rings (SSSR count). The predicted molar refractivity (Wildman–Crippen MR) is 126 cm³/mol. The number of hydrogen-bond donors (Lipinski definition) is 2. The molecule has 2 N–H and O–H groups in total. The summed E-state index contributed by atoms with van der Waals surface area (Å²) in [7, 11) is 0. The van der Waals surface area contributed by atoms with Gasteiger partial charge in [-0.2, -0.15) is 0 Å². The first kappa shape index (κ1) is 26.3. The van der Waals surface area contributed by atoms with Crippen LogP contribution in [0.25, 0.3) is 0 Å². The molecule has 8 nitrogen and oxygen atoms in total. The Morgan fingerprint density at radius 1 is 1.06 bits per heavy atom. The molecule has 35 heavy (non-hydrogen) atoms. The van der Waals surface area contributed by atoms with Crippen molar-refractivity contribution in [2.75, 3.05) is 6.61 Å². The van der Waals surface area contributed by atoms with Crippen LogP contribution in [0.3, 0.4) is 0 Å². The number of fused-ring (bicyclic) bond motifs is 5. The molecule has 4 aliphatic rings. The Balaban J connectivity index is 2.08. The van der Waals surface area contributed by atoms with Gasteiger partial charge in [-0.3, -0.25) is 14.4 Å². The minimum Gasteiger partial charge on any atom is -0.454 e. The summed E-state index contributed by atoms with van der Waals surface area (Å²) < 4.78 is 17.8. The fraction of sp³-hybridized carbons (Fsp3) is 0.815. The highest BCUT2D eigenvalue weighted by Gasteiger charge is 2.76. The maximum Gasteiger partial charge on any atom is 0.303 e. The van der Waals surface area contributed by atoms with Crippen LogP contribution in [0.15, 0.2) is 11.1 Å². The molecule has 2 bridgehead atoms. The molecule has 7 unspecified atom stereocenters. The van der Waals surface area contributed by atoms with Crippen LogP contribution < -0.4 is 0 Å². The van der Waals surface area contributed by atoms with Crippen LogP contribution >= 0.6 is 0 Å². The molecule has 8 heteroatoms. The van der Waals surface area contributed by atoms with Crippen molar-refractivity contribution < 1.29 is 38.8 Å². The summed E-state index contributed by atoms with van der Waals surface area (Å²) >= 11 is 0. The van der Waals surface area contributed by atoms with Gasteiger partial charge in [0.05, 0.1) is 18.3 Å². The second-order valence-corrected chi connectivity index (χ2v) is 12.2. The van der Waals surface area contributed by atoms with Crippen LogP contribution in [0.5, 0.6) is 0 Å². The number of hydrogen-bond acceptors (Lipinski definition) is 8. The average Bonchev–Trinajstić information content (AvgIpc) is 2.72. The van der Waals surface area contributed by atoms with E-state index in [9.17, 15) is 24.6 Å². The largest absolute Gasteiger partial charge is 0.454 e. The maximum atomic E-state index is 14.7. The molecule has 3 fully saturated rings. The number of ketones is 1. The van der Waals surface area contributed by atoms with E-state index in [2.05, 4.69) is 0 Å². The van der Waals surface area contributed by atoms with Gasteiger partial charge < -0.3 is 24.4 Å². The zero-order chi connectivity index (χ0) is 26.5. The van der Waals surface area contributed by atoms with Gasteiger partial charge in [0.15, 0.2) is 17.5 Å². The van der Waals surface area contributed by atoms with Crippen LogP contribution in [0.2, 0.25) is 0 Å². The van der Waals surface area contributed by atoms with Crippen molar-refractivity contribution in [3.8, 4) is 0 Å². The van der Waals surface area contributed by atoms with Gasteiger partial charge >= 0.3 is 11.9 Å². The van der Waals surface area contributed by atoms with Crippen molar-refractivity contribution >= 4 is 17.7 Å². The Kier molecular flexibility index (Phi) is 5.91. The fourth-order valence-corrected chi connectivity index (χ4v) is 8.41. The number of aliphatic hydroxyl groups excluding tert-OH is 1. The molecule has 10 atom stereocenters. The van der Waals surface area contributed by atoms with E-state index in [1.165, 1.54) is 13.8 Å². The lowest BCUT2D eigenvalue weighted by Gasteiger charge is -2.70. The molecule has 1 saturated heterocycles. The molecular weight excluding hydrogens is 452 g/mol. The molecule has 3 aliphatic carbocycles. The van der Waals surface area contributed by atoms with E-state index in [1.807, 2.05) is 41.5 Å². The van der Waals surface area contributed by atoms with Crippen molar-refractivity contribution in [1.29, 1.82) is 0 Å². The minimum absolute atomic E-state index is 0.0513. The van der Waals surface area contributed by atoms with Crippen molar-refractivity contribution in [2.24, 2.45) is 34.5 Å². The lowest BCUT2D eigenvalue weighted by molar-refractivity contribution is -0.347. The summed E-state index contributed by atoms with van der Waals surface area (Å²) in [5.74, 6) is -2.96. The van der Waals surface area contributed by atoms with Gasteiger partial charge in [-0.15, -0.1) is 0 Å². The highest BCUT2D eigenvalue weighted by atomic mass is 16.6. The zero-order valence-electron chi connectivity index (χ0n) is 22.3. The molecule has 0 spiro atoms. The van der Waals surface area contributed by atoms with Crippen LogP contribution in [0.4, 0.5) is 0 Å². The van der Waals surface area contributed by atoms with Gasteiger partial charge in [0.25, 0.3) is 0 Å². The number of carbonyl (C=O) groups excluding carboxylic acids is 3. The second kappa shape index (κ2) is 7.86. The van der Waals surface area contributed by atoms with Crippen LogP contribution in [0.1, 0.15) is 68.7 Å². The molecule has 2 saturated carbocycles. The van der Waals surface area contributed by atoms with Crippen molar-refractivity contribution in [3.63, 3.8) is 0 Å². The van der Waals surface area contributed by atoms with Crippen molar-refractivity contribution in [1.82, 2.24) is 0 Å². The molecule has 0 aromatic carbocycles. The normalized spacial score (nSPS) is 48.5. The van der Waals surface area contributed by atoms with Gasteiger partial charge in [-0.05, 0) is 35.8 Å². The Hall–Kier alpha value is -1.77. The van der Waals surface area contributed by atoms with Crippen molar-refractivity contribution in [3.05, 3.63) is 11.1 Å². The van der Waals surface area contributed by atoms with E-state index in [0.29, 0.717) is 11.1 Å². The lowest BCUT2D eigenvalue weighted by Crippen LogP contribution is -2.80. The smallest absolute Gasteiger partial charge is 0.303 e. The third-order valence-electron chi connectivity index (χ3n) is 10.4. The molecule has 196 valence electrons. The first-order valence-electron chi connectivity index (χ1n) is 12.6. The molecule has 0 radical (unpaired) electrons. The van der Waals surface area contributed by atoms with Gasteiger partial charge in [0, 0.05) is 37.0 Å². The van der Waals surface area contributed by atoms with E-state index in [0.717, 1.165) is 0 Å². The molecule has 1 heterocycles. The Morgan fingerprint density at radius 3 is 2.14 bits per heavy atom. The van der Waals surface area contributed by atoms with E-state index < -0.39 is 64.1 Å². The number of Topliss-reactive ketones (excluding diaryl/α,β-unsaturated/α-hetero) is 1. The third-order valence-corrected chi connectivity index (χ3v) is 10.4. The predicted octanol–water partition coefficient (Wildman–Crippen LogP) is 2.58. The van der Waals surface area contributed by atoms with Crippen LogP contribution in [-0.2, 0) is 28.6 Å². The molecule has 0 aromatic heterocycles. The van der Waals surface area contributed by atoms with E-state index in [1.54, 1.807) is 6.92 Å². The summed E-state index contributed by atoms with van der Waals surface area (Å²) in [5, 5.41) is 23.6. The van der Waals surface area contributed by atoms with E-state index in [-0.39, 0.29) is 30.6 Å². The van der Waals surface area contributed by atoms with Crippen LogP contribution in [0, 0.1) is 34.5 Å². The van der Waals surface area contributed by atoms with Crippen molar-refractivity contribution in [2.45, 2.75) is 98.2 Å². The highest BCUT2D eigenvalue weighted by molar-refractivity contribution is 5.94. The average molecular weight is 493 g/mol. The summed E-state index contributed by atoms with van der Waals surface area (Å²) in [6.07, 6.45) is -2.67. The lowest BCUT2D eigenvalue weighted by atomic mass is 9.40. The SMILES string of the molecule is CC(=O)OC1C(=O)[C@@]2(C)C([C@H](C)C3(O)CC(O)C(C)=C1C3(C)C)C1(OC(C)=O)COC1C(C)[C@@H]2C. The summed E-state index contributed by atoms with van der Waals surface area (Å²) in [4.78, 5) is 39.4. The van der Waals surface area contributed by atoms with Gasteiger partial charge in [0.2, 0.25) is 0 Å². The standard InChI is InChI=1S/C27H40O8/c1-12-14(3)25(9)21(26(35-17(6)29)11-33-23(12)26)15(4)27(32)10-18(30)13(2)19(24(27,7)8)20(22(25)31)34-16(5)28/h12,14-15,18,20-21,23,30,32H,10-11H2,1-9H3/t12?,14-,15-,18?,20?,21?,23?,25+,26?,27?/m0/s1. The Morgan fingerprint density at radius 2 is 1.66 bits per heavy atom. The quantitative estimate of drug-likeness (QED) is 0.446. The first-order chi connectivity index (χ1) is 16.0. The van der Waals surface area contributed by atoms with Gasteiger partial charge in [-0.25, -0.2) is 0 Å². The van der Waals surface area contributed by atoms with E-state index in [4.69, 9.17) is 14.2 Å². The summed E-state index contributed by atoms with van der Waals surface area (Å²) in [5.41, 5.74) is -3.74. The zero-order valence-corrected chi connectivity index (χ0v) is 22.3. The Bertz CT molecular complexity index is 999. The number of esters is 2. The fourth-order valence-electron chi connectivity index (χ4n) is 8.41. The summed E-state index contributed by atoms with van der Waals surface area (Å²) in [6.45, 7) is 15.8. The molecule has 1 aliphatic heterocycles. The van der Waals surface area contributed by atoms with Gasteiger partial charge in [-0.1, -0.05) is 41.5 Å². The van der Waals surface area contributed by atoms with Gasteiger partial charge in [0.1, 0.15) is 6.10 Å². The number of aliphatic hydroxyl groups is 2. The topological polar surface area (TPSA) is 119 Å². The molecule has 0 aromatic rings. The third kappa shape index (κ3) is 3.12. The second-order valence-electron chi connectivity index (χ2n) is 12.2. The van der Waals surface area contributed by atoms with Crippen LogP contribution in [-0.4, -0.2) is 64.1 Å². The summed E-state index contributed by atoms with van der Waals surface area (Å²) in [6, 6.07) is 0. The number of ether oxygens (including phenoxy) is 3. The highest BCUT2D eigenvalue weighted by Crippen LogP contribution is 2.67. The molecular formula is C27H40O8. The molecule has 0 amide bonds. The monoisotopic (exact) mass is 492 g/mol. The minimum atomic E-state index is -1.49. The van der Waals surface area contributed by atoms with E-state index >= 15 is 0 Å². The maximum absolute atomic E-state index is 14.7.